The van der Waals surface area contributed by atoms with Gasteiger partial charge in [0.25, 0.3) is 0 Å². The molecule has 20 heavy (non-hydrogen) atoms. The van der Waals surface area contributed by atoms with Gasteiger partial charge in [-0.3, -0.25) is 0 Å². The highest BCUT2D eigenvalue weighted by molar-refractivity contribution is 6.32. The first kappa shape index (κ1) is 19.3. The summed E-state index contributed by atoms with van der Waals surface area (Å²) < 4.78 is 73.8. The predicted molar refractivity (Wildman–Crippen MR) is 65.9 cm³/mol. The van der Waals surface area contributed by atoms with E-state index in [2.05, 4.69) is 0 Å². The van der Waals surface area contributed by atoms with E-state index in [1.54, 1.807) is 0 Å². The summed E-state index contributed by atoms with van der Waals surface area (Å²) in [7, 11) is 0. The zero-order valence-electron chi connectivity index (χ0n) is 9.85. The molecule has 9 heteroatoms. The number of nitrogens with two attached hydrogens (primary N) is 1. The van der Waals surface area contributed by atoms with Crippen LogP contribution in [0.2, 0.25) is 5.02 Å². The predicted octanol–water partition coefficient (Wildman–Crippen LogP) is 5.12. The third-order valence-electron chi connectivity index (χ3n) is 2.47. The van der Waals surface area contributed by atoms with Gasteiger partial charge in [-0.1, -0.05) is 23.7 Å². The standard InChI is InChI=1S/C11H10ClF6N.ClH/c12-9-6(8(19)4-5-10(13,14)15)2-1-3-7(9)11(16,17)18;/h1-3,8H,4-5,19H2;1H/t8-;/m1./s1. The first-order chi connectivity index (χ1) is 8.52. The maximum atomic E-state index is 12.6. The molecule has 1 atom stereocenters. The van der Waals surface area contributed by atoms with Gasteiger partial charge in [0.2, 0.25) is 0 Å². The third-order valence-corrected chi connectivity index (χ3v) is 2.89. The summed E-state index contributed by atoms with van der Waals surface area (Å²) in [5.74, 6) is 0. The molecule has 0 radical (unpaired) electrons. The molecule has 0 aliphatic carbocycles. The number of hydrogen-bond donors (Lipinski definition) is 1. The van der Waals surface area contributed by atoms with Gasteiger partial charge in [-0.25, -0.2) is 0 Å². The lowest BCUT2D eigenvalue weighted by Crippen LogP contribution is -2.17. The van der Waals surface area contributed by atoms with E-state index >= 15 is 0 Å². The second-order valence-corrected chi connectivity index (χ2v) is 4.34. The molecule has 0 unspecified atom stereocenters. The van der Waals surface area contributed by atoms with E-state index in [0.29, 0.717) is 0 Å². The minimum Gasteiger partial charge on any atom is -0.324 e. The average molecular weight is 342 g/mol. The molecular formula is C11H11Cl2F6N. The van der Waals surface area contributed by atoms with Crippen LogP contribution >= 0.6 is 24.0 Å². The molecule has 1 nitrogen and oxygen atoms in total. The van der Waals surface area contributed by atoms with Crippen LogP contribution in [0.15, 0.2) is 18.2 Å². The second kappa shape index (κ2) is 6.87. The minimum atomic E-state index is -4.67. The van der Waals surface area contributed by atoms with E-state index in [1.165, 1.54) is 6.07 Å². The van der Waals surface area contributed by atoms with Crippen molar-refractivity contribution in [1.82, 2.24) is 0 Å². The molecule has 0 heterocycles. The van der Waals surface area contributed by atoms with Gasteiger partial charge < -0.3 is 5.73 Å². The van der Waals surface area contributed by atoms with Crippen LogP contribution in [-0.2, 0) is 6.18 Å². The van der Waals surface area contributed by atoms with Crippen molar-refractivity contribution in [2.45, 2.75) is 31.2 Å². The van der Waals surface area contributed by atoms with Gasteiger partial charge in [-0.15, -0.1) is 12.4 Å². The first-order valence-electron chi connectivity index (χ1n) is 5.20. The summed E-state index contributed by atoms with van der Waals surface area (Å²) in [6, 6.07) is 1.81. The highest BCUT2D eigenvalue weighted by atomic mass is 35.5. The molecule has 0 spiro atoms. The van der Waals surface area contributed by atoms with Crippen molar-refractivity contribution in [3.05, 3.63) is 34.3 Å². The Morgan fingerprint density at radius 2 is 1.65 bits per heavy atom. The fourth-order valence-electron chi connectivity index (χ4n) is 1.53. The van der Waals surface area contributed by atoms with E-state index in [4.69, 9.17) is 17.3 Å². The van der Waals surface area contributed by atoms with Crippen LogP contribution < -0.4 is 5.73 Å². The molecule has 0 fully saturated rings. The molecule has 1 aromatic carbocycles. The summed E-state index contributed by atoms with van der Waals surface area (Å²) >= 11 is 5.56. The largest absolute Gasteiger partial charge is 0.417 e. The van der Waals surface area contributed by atoms with E-state index in [9.17, 15) is 26.3 Å². The zero-order valence-corrected chi connectivity index (χ0v) is 11.4. The maximum Gasteiger partial charge on any atom is 0.417 e. The molecule has 0 bridgehead atoms. The lowest BCUT2D eigenvalue weighted by Gasteiger charge is -2.18. The van der Waals surface area contributed by atoms with Crippen LogP contribution in [0.3, 0.4) is 0 Å². The number of benzene rings is 1. The molecule has 0 saturated carbocycles. The molecular weight excluding hydrogens is 331 g/mol. The number of hydrogen-bond acceptors (Lipinski definition) is 1. The minimum absolute atomic E-state index is 0. The topological polar surface area (TPSA) is 26.0 Å². The van der Waals surface area contributed by atoms with Gasteiger partial charge in [-0.2, -0.15) is 26.3 Å². The monoisotopic (exact) mass is 341 g/mol. The molecule has 0 amide bonds. The summed E-state index contributed by atoms with van der Waals surface area (Å²) in [5, 5.41) is -0.648. The Labute approximate surface area is 122 Å². The van der Waals surface area contributed by atoms with Crippen LogP contribution in [0.4, 0.5) is 26.3 Å². The fourth-order valence-corrected chi connectivity index (χ4v) is 1.90. The molecule has 0 aliphatic rings. The quantitative estimate of drug-likeness (QED) is 0.758. The number of rotatable bonds is 3. The number of alkyl halides is 6. The molecule has 0 aromatic heterocycles. The summed E-state index contributed by atoms with van der Waals surface area (Å²) in [4.78, 5) is 0. The highest BCUT2D eigenvalue weighted by Crippen LogP contribution is 2.38. The van der Waals surface area contributed by atoms with Crippen molar-refractivity contribution in [1.29, 1.82) is 0 Å². The van der Waals surface area contributed by atoms with Gasteiger partial charge in [0.1, 0.15) is 0 Å². The smallest absolute Gasteiger partial charge is 0.324 e. The lowest BCUT2D eigenvalue weighted by molar-refractivity contribution is -0.138. The van der Waals surface area contributed by atoms with Gasteiger partial charge in [0, 0.05) is 12.5 Å². The van der Waals surface area contributed by atoms with Gasteiger partial charge in [-0.05, 0) is 18.1 Å². The fraction of sp³-hybridized carbons (Fsp3) is 0.455. The van der Waals surface area contributed by atoms with Crippen molar-refractivity contribution in [2.24, 2.45) is 5.73 Å². The van der Waals surface area contributed by atoms with Crippen molar-refractivity contribution in [3.8, 4) is 0 Å². The highest BCUT2D eigenvalue weighted by Gasteiger charge is 2.35. The summed E-state index contributed by atoms with van der Waals surface area (Å²) in [6.07, 6.45) is -10.8. The Balaban J connectivity index is 0.00000361. The Bertz CT molecular complexity index is 444. The summed E-state index contributed by atoms with van der Waals surface area (Å²) in [6.45, 7) is 0. The van der Waals surface area contributed by atoms with E-state index in [-0.39, 0.29) is 18.0 Å². The average Bonchev–Trinajstić information content (AvgIpc) is 2.23. The van der Waals surface area contributed by atoms with Crippen molar-refractivity contribution in [3.63, 3.8) is 0 Å². The van der Waals surface area contributed by atoms with Crippen LogP contribution in [-0.4, -0.2) is 6.18 Å². The number of halogens is 8. The van der Waals surface area contributed by atoms with Crippen molar-refractivity contribution >= 4 is 24.0 Å². The Hall–Kier alpha value is -0.660. The molecule has 2 N–H and O–H groups in total. The lowest BCUT2D eigenvalue weighted by atomic mass is 10.00. The molecule has 116 valence electrons. The Kier molecular flexibility index (Phi) is 6.64. The molecule has 1 aromatic rings. The first-order valence-corrected chi connectivity index (χ1v) is 5.58. The van der Waals surface area contributed by atoms with E-state index in [0.717, 1.165) is 12.1 Å². The molecule has 0 saturated heterocycles. The SMILES string of the molecule is Cl.N[C@H](CCC(F)(F)F)c1cccc(C(F)(F)F)c1Cl. The van der Waals surface area contributed by atoms with Crippen LogP contribution in [0.5, 0.6) is 0 Å². The molecule has 1 rings (SSSR count). The zero-order chi connectivity index (χ0) is 14.8. The van der Waals surface area contributed by atoms with Crippen molar-refractivity contribution in [2.75, 3.05) is 0 Å². The summed E-state index contributed by atoms with van der Waals surface area (Å²) in [5.41, 5.74) is 4.22. The third kappa shape index (κ3) is 5.38. The van der Waals surface area contributed by atoms with Crippen molar-refractivity contribution < 1.29 is 26.3 Å². The van der Waals surface area contributed by atoms with Gasteiger partial charge in [0.15, 0.2) is 0 Å². The Morgan fingerprint density at radius 1 is 1.10 bits per heavy atom. The molecule has 0 aliphatic heterocycles. The Morgan fingerprint density at radius 3 is 2.10 bits per heavy atom. The van der Waals surface area contributed by atoms with Gasteiger partial charge >= 0.3 is 12.4 Å². The van der Waals surface area contributed by atoms with Gasteiger partial charge in [0.05, 0.1) is 10.6 Å². The normalized spacial score (nSPS) is 13.8. The van der Waals surface area contributed by atoms with E-state index < -0.39 is 41.8 Å². The van der Waals surface area contributed by atoms with Crippen LogP contribution in [0, 0.1) is 0 Å². The maximum absolute atomic E-state index is 12.6. The van der Waals surface area contributed by atoms with Crippen LogP contribution in [0.1, 0.15) is 30.0 Å². The van der Waals surface area contributed by atoms with Crippen LogP contribution in [0.25, 0.3) is 0 Å². The second-order valence-electron chi connectivity index (χ2n) is 3.97. The van der Waals surface area contributed by atoms with E-state index in [1.807, 2.05) is 0 Å².